The third-order valence-electron chi connectivity index (χ3n) is 3.52. The van der Waals surface area contributed by atoms with E-state index in [-0.39, 0.29) is 11.8 Å². The van der Waals surface area contributed by atoms with Gasteiger partial charge in [-0.05, 0) is 32.0 Å². The van der Waals surface area contributed by atoms with Crippen LogP contribution in [0.15, 0.2) is 0 Å². The monoisotopic (exact) mass is 355 g/mol. The van der Waals surface area contributed by atoms with Crippen molar-refractivity contribution in [1.82, 2.24) is 21.2 Å². The van der Waals surface area contributed by atoms with Gasteiger partial charge in [-0.3, -0.25) is 20.4 Å². The number of nitrogens with zero attached hydrogens (tertiary/aromatic N) is 1. The van der Waals surface area contributed by atoms with E-state index < -0.39 is 0 Å². The Hall–Kier alpha value is -1.74. The number of thiazole rings is 1. The zero-order valence-electron chi connectivity index (χ0n) is 13.2. The Balaban J connectivity index is 1.83. The van der Waals surface area contributed by atoms with Crippen LogP contribution in [0.5, 0.6) is 0 Å². The third kappa shape index (κ3) is 5.43. The highest BCUT2D eigenvalue weighted by atomic mass is 32.1. The van der Waals surface area contributed by atoms with E-state index in [2.05, 4.69) is 26.5 Å². The van der Waals surface area contributed by atoms with Gasteiger partial charge in [0, 0.05) is 13.0 Å². The van der Waals surface area contributed by atoms with E-state index in [0.29, 0.717) is 26.9 Å². The van der Waals surface area contributed by atoms with Gasteiger partial charge in [-0.2, -0.15) is 0 Å². The lowest BCUT2D eigenvalue weighted by Crippen LogP contribution is -2.50. The average molecular weight is 355 g/mol. The Labute approximate surface area is 144 Å². The van der Waals surface area contributed by atoms with E-state index in [1.54, 1.807) is 6.92 Å². The van der Waals surface area contributed by atoms with Crippen molar-refractivity contribution in [1.29, 1.82) is 0 Å². The molecule has 0 radical (unpaired) electrons. The molecule has 23 heavy (non-hydrogen) atoms. The molecule has 0 spiro atoms. The molecule has 0 bridgehead atoms. The zero-order chi connectivity index (χ0) is 16.8. The van der Waals surface area contributed by atoms with E-state index in [1.807, 2.05) is 0 Å². The number of hydrogen-bond donors (Lipinski definition) is 4. The molecule has 0 aliphatic heterocycles. The summed E-state index contributed by atoms with van der Waals surface area (Å²) >= 11 is 6.32. The molecule has 2 rings (SSSR count). The highest BCUT2D eigenvalue weighted by Gasteiger charge is 2.17. The van der Waals surface area contributed by atoms with E-state index in [4.69, 9.17) is 12.2 Å². The highest BCUT2D eigenvalue weighted by Crippen LogP contribution is 2.22. The van der Waals surface area contributed by atoms with Crippen LogP contribution < -0.4 is 21.5 Å². The number of hydrazine groups is 1. The SMILES string of the molecule is CC(=O)Nc1nc(C)c(C(=O)NNC(=S)NC2CCCCC2)s1. The summed E-state index contributed by atoms with van der Waals surface area (Å²) in [5.74, 6) is -0.550. The number of thiocarbonyl (C=S) groups is 1. The number of anilines is 1. The van der Waals surface area contributed by atoms with Gasteiger partial charge in [0.2, 0.25) is 5.91 Å². The lowest BCUT2D eigenvalue weighted by molar-refractivity contribution is -0.114. The van der Waals surface area contributed by atoms with Crippen molar-refractivity contribution in [3.8, 4) is 0 Å². The van der Waals surface area contributed by atoms with Crippen LogP contribution in [0, 0.1) is 6.92 Å². The van der Waals surface area contributed by atoms with E-state index in [0.717, 1.165) is 24.2 Å². The van der Waals surface area contributed by atoms with Gasteiger partial charge in [-0.15, -0.1) is 0 Å². The fourth-order valence-corrected chi connectivity index (χ4v) is 3.58. The van der Waals surface area contributed by atoms with Gasteiger partial charge in [0.05, 0.1) is 5.69 Å². The first kappa shape index (κ1) is 17.6. The number of nitrogens with one attached hydrogen (secondary N) is 4. The van der Waals surface area contributed by atoms with Crippen LogP contribution in [-0.2, 0) is 4.79 Å². The molecule has 1 fully saturated rings. The normalized spacial score (nSPS) is 14.9. The number of hydrogen-bond acceptors (Lipinski definition) is 5. The van der Waals surface area contributed by atoms with Crippen LogP contribution in [0.2, 0.25) is 0 Å². The predicted molar refractivity (Wildman–Crippen MR) is 94.4 cm³/mol. The van der Waals surface area contributed by atoms with Gasteiger partial charge >= 0.3 is 0 Å². The van der Waals surface area contributed by atoms with Crippen LogP contribution >= 0.6 is 23.6 Å². The second-order valence-electron chi connectivity index (χ2n) is 5.50. The van der Waals surface area contributed by atoms with Crippen LogP contribution in [0.25, 0.3) is 0 Å². The van der Waals surface area contributed by atoms with Gasteiger partial charge in [0.15, 0.2) is 10.2 Å². The van der Waals surface area contributed by atoms with Crippen molar-refractivity contribution in [3.05, 3.63) is 10.6 Å². The van der Waals surface area contributed by atoms with Gasteiger partial charge in [0.25, 0.3) is 5.91 Å². The van der Waals surface area contributed by atoms with Crippen molar-refractivity contribution in [2.45, 2.75) is 52.0 Å². The van der Waals surface area contributed by atoms with Gasteiger partial charge in [-0.25, -0.2) is 4.98 Å². The van der Waals surface area contributed by atoms with Crippen LogP contribution in [-0.4, -0.2) is 28.0 Å². The van der Waals surface area contributed by atoms with Crippen molar-refractivity contribution >= 4 is 45.6 Å². The molecular weight excluding hydrogens is 334 g/mol. The van der Waals surface area contributed by atoms with Crippen LogP contribution in [0.4, 0.5) is 5.13 Å². The molecule has 0 saturated heterocycles. The predicted octanol–water partition coefficient (Wildman–Crippen LogP) is 1.85. The Bertz CT molecular complexity index is 596. The standard InChI is InChI=1S/C14H21N5O2S2/c1-8-11(23-14(15-8)16-9(2)20)12(21)18-19-13(22)17-10-6-4-3-5-7-10/h10H,3-7H2,1-2H3,(H,18,21)(H,15,16,20)(H2,17,19,22). The first-order chi connectivity index (χ1) is 11.0. The Morgan fingerprint density at radius 3 is 2.57 bits per heavy atom. The fraction of sp³-hybridized carbons (Fsp3) is 0.571. The van der Waals surface area contributed by atoms with Crippen molar-refractivity contribution < 1.29 is 9.59 Å². The molecule has 9 heteroatoms. The molecule has 126 valence electrons. The second kappa shape index (κ2) is 8.21. The molecule has 4 N–H and O–H groups in total. The minimum atomic E-state index is -0.329. The molecular formula is C14H21N5O2S2. The highest BCUT2D eigenvalue weighted by molar-refractivity contribution is 7.80. The number of amides is 2. The van der Waals surface area contributed by atoms with Gasteiger partial charge in [0.1, 0.15) is 4.88 Å². The summed E-state index contributed by atoms with van der Waals surface area (Å²) in [6.45, 7) is 3.11. The first-order valence-corrected chi connectivity index (χ1v) is 8.80. The summed E-state index contributed by atoms with van der Waals surface area (Å²) in [6, 6.07) is 0.372. The second-order valence-corrected chi connectivity index (χ2v) is 6.91. The maximum Gasteiger partial charge on any atom is 0.281 e. The summed E-state index contributed by atoms with van der Waals surface area (Å²) in [7, 11) is 0. The molecule has 0 unspecified atom stereocenters. The minimum absolute atomic E-state index is 0.221. The molecule has 1 aromatic heterocycles. The Morgan fingerprint density at radius 1 is 1.22 bits per heavy atom. The molecule has 2 amide bonds. The zero-order valence-corrected chi connectivity index (χ0v) is 14.8. The maximum absolute atomic E-state index is 12.2. The lowest BCUT2D eigenvalue weighted by atomic mass is 9.96. The molecule has 1 aromatic rings. The van der Waals surface area contributed by atoms with E-state index >= 15 is 0 Å². The van der Waals surface area contributed by atoms with Gasteiger partial charge in [-0.1, -0.05) is 30.6 Å². The minimum Gasteiger partial charge on any atom is -0.359 e. The van der Waals surface area contributed by atoms with Crippen LogP contribution in [0.1, 0.15) is 54.4 Å². The van der Waals surface area contributed by atoms with Crippen molar-refractivity contribution in [2.75, 3.05) is 5.32 Å². The molecule has 0 atom stereocenters. The molecule has 7 nitrogen and oxygen atoms in total. The number of aryl methyl sites for hydroxylation is 1. The number of aromatic nitrogens is 1. The summed E-state index contributed by atoms with van der Waals surface area (Å²) < 4.78 is 0. The fourth-order valence-electron chi connectivity index (χ4n) is 2.45. The van der Waals surface area contributed by atoms with Crippen molar-refractivity contribution in [2.24, 2.45) is 0 Å². The van der Waals surface area contributed by atoms with E-state index in [9.17, 15) is 9.59 Å². The quantitative estimate of drug-likeness (QED) is 0.488. The molecule has 1 aliphatic rings. The molecule has 1 saturated carbocycles. The molecule has 1 aliphatic carbocycles. The maximum atomic E-state index is 12.2. The number of rotatable bonds is 3. The molecule has 0 aromatic carbocycles. The topological polar surface area (TPSA) is 95.2 Å². The number of carbonyl (C=O) groups excluding carboxylic acids is 2. The van der Waals surface area contributed by atoms with Crippen LogP contribution in [0.3, 0.4) is 0 Å². The Kier molecular flexibility index (Phi) is 6.28. The summed E-state index contributed by atoms with van der Waals surface area (Å²) in [5.41, 5.74) is 5.84. The smallest absolute Gasteiger partial charge is 0.281 e. The first-order valence-electron chi connectivity index (χ1n) is 7.57. The third-order valence-corrected chi connectivity index (χ3v) is 4.81. The summed E-state index contributed by atoms with van der Waals surface area (Å²) in [5, 5.41) is 6.60. The Morgan fingerprint density at radius 2 is 1.91 bits per heavy atom. The molecule has 1 heterocycles. The average Bonchev–Trinajstić information content (AvgIpc) is 2.85. The summed E-state index contributed by atoms with van der Waals surface area (Å²) in [6.07, 6.45) is 5.89. The largest absolute Gasteiger partial charge is 0.359 e. The van der Waals surface area contributed by atoms with E-state index in [1.165, 1.54) is 26.2 Å². The van der Waals surface area contributed by atoms with Crippen molar-refractivity contribution in [3.63, 3.8) is 0 Å². The summed E-state index contributed by atoms with van der Waals surface area (Å²) in [4.78, 5) is 27.8. The lowest BCUT2D eigenvalue weighted by Gasteiger charge is -2.24. The van der Waals surface area contributed by atoms with Gasteiger partial charge < -0.3 is 10.6 Å². The number of carbonyl (C=O) groups is 2.